The number of carbonyl (C=O) groups is 1. The Morgan fingerprint density at radius 1 is 0.765 bits per heavy atom. The van der Waals surface area contributed by atoms with Gasteiger partial charge in [-0.2, -0.15) is 0 Å². The van der Waals surface area contributed by atoms with Crippen LogP contribution < -0.4 is 32.7 Å². The molecule has 0 unspecified atom stereocenters. The van der Waals surface area contributed by atoms with Gasteiger partial charge in [-0.3, -0.25) is 4.79 Å². The van der Waals surface area contributed by atoms with Crippen LogP contribution in [0.5, 0.6) is 0 Å². The zero-order valence-corrected chi connectivity index (χ0v) is 10.4. The molecular formula is C10H26N6O. The molecule has 0 aliphatic carbocycles. The fourth-order valence-electron chi connectivity index (χ4n) is 1.22. The highest BCUT2D eigenvalue weighted by Gasteiger charge is 1.92. The summed E-state index contributed by atoms with van der Waals surface area (Å²) in [5, 5.41) is 12.7. The second kappa shape index (κ2) is 13.3. The van der Waals surface area contributed by atoms with Crippen molar-refractivity contribution in [3.05, 3.63) is 0 Å². The predicted molar refractivity (Wildman–Crippen MR) is 69.7 cm³/mol. The van der Waals surface area contributed by atoms with Crippen molar-refractivity contribution in [1.82, 2.24) is 21.3 Å². The summed E-state index contributed by atoms with van der Waals surface area (Å²) in [6, 6.07) is 0. The van der Waals surface area contributed by atoms with Gasteiger partial charge in [-0.25, -0.2) is 0 Å². The van der Waals surface area contributed by atoms with Crippen molar-refractivity contribution in [2.75, 3.05) is 58.9 Å². The molecule has 0 saturated heterocycles. The minimum atomic E-state index is -0.323. The van der Waals surface area contributed by atoms with Crippen LogP contribution in [0.25, 0.3) is 0 Å². The zero-order chi connectivity index (χ0) is 12.8. The highest BCUT2D eigenvalue weighted by Crippen LogP contribution is 1.63. The summed E-state index contributed by atoms with van der Waals surface area (Å²) in [5.41, 5.74) is 10.3. The number of carbonyl (C=O) groups excluding carboxylic acids is 1. The first-order valence-corrected chi connectivity index (χ1v) is 6.08. The van der Waals surface area contributed by atoms with E-state index in [4.69, 9.17) is 11.5 Å². The molecule has 0 bridgehead atoms. The van der Waals surface area contributed by atoms with Crippen LogP contribution in [0.4, 0.5) is 0 Å². The van der Waals surface area contributed by atoms with Crippen molar-refractivity contribution < 1.29 is 4.79 Å². The predicted octanol–water partition coefficient (Wildman–Crippen LogP) is -3.21. The van der Waals surface area contributed by atoms with E-state index in [-0.39, 0.29) is 12.5 Å². The van der Waals surface area contributed by atoms with Gasteiger partial charge in [0, 0.05) is 52.4 Å². The Labute approximate surface area is 103 Å². The van der Waals surface area contributed by atoms with Crippen LogP contribution in [0.3, 0.4) is 0 Å². The second-order valence-corrected chi connectivity index (χ2v) is 3.68. The van der Waals surface area contributed by atoms with Gasteiger partial charge in [0.15, 0.2) is 0 Å². The van der Waals surface area contributed by atoms with E-state index in [2.05, 4.69) is 21.3 Å². The van der Waals surface area contributed by atoms with Gasteiger partial charge < -0.3 is 32.7 Å². The molecule has 102 valence electrons. The van der Waals surface area contributed by atoms with Crippen LogP contribution in [0.15, 0.2) is 0 Å². The van der Waals surface area contributed by atoms with E-state index in [0.717, 1.165) is 45.8 Å². The van der Waals surface area contributed by atoms with E-state index in [1.54, 1.807) is 0 Å². The van der Waals surface area contributed by atoms with Gasteiger partial charge >= 0.3 is 0 Å². The third-order valence-corrected chi connectivity index (χ3v) is 2.06. The van der Waals surface area contributed by atoms with E-state index in [1.807, 2.05) is 0 Å². The highest BCUT2D eigenvalue weighted by atomic mass is 16.1. The number of amides is 1. The lowest BCUT2D eigenvalue weighted by Gasteiger charge is -2.07. The molecule has 0 aliphatic heterocycles. The van der Waals surface area contributed by atoms with Crippen LogP contribution in [0.1, 0.15) is 0 Å². The van der Waals surface area contributed by atoms with Crippen molar-refractivity contribution in [2.24, 2.45) is 11.5 Å². The largest absolute Gasteiger partial charge is 0.369 e. The van der Waals surface area contributed by atoms with Crippen LogP contribution in [-0.4, -0.2) is 64.8 Å². The quantitative estimate of drug-likeness (QED) is 0.190. The Morgan fingerprint density at radius 3 is 1.59 bits per heavy atom. The molecule has 0 aromatic carbocycles. The molecule has 0 aromatic heterocycles. The zero-order valence-electron chi connectivity index (χ0n) is 10.4. The standard InChI is InChI=1S/C10H26N6O/c11-1-2-13-3-4-14-5-6-15-7-8-16-9-10(12)17/h13-16H,1-9,11H2,(H2,12,17). The van der Waals surface area contributed by atoms with Gasteiger partial charge in [0.1, 0.15) is 0 Å². The molecule has 0 atom stereocenters. The highest BCUT2D eigenvalue weighted by molar-refractivity contribution is 5.75. The third-order valence-electron chi connectivity index (χ3n) is 2.06. The molecule has 1 amide bonds. The van der Waals surface area contributed by atoms with Gasteiger partial charge in [-0.05, 0) is 0 Å². The molecule has 17 heavy (non-hydrogen) atoms. The maximum atomic E-state index is 10.4. The van der Waals surface area contributed by atoms with Crippen molar-refractivity contribution in [2.45, 2.75) is 0 Å². The Morgan fingerprint density at radius 2 is 1.18 bits per heavy atom. The molecule has 0 fully saturated rings. The van der Waals surface area contributed by atoms with E-state index < -0.39 is 0 Å². The smallest absolute Gasteiger partial charge is 0.231 e. The fraction of sp³-hybridized carbons (Fsp3) is 0.900. The summed E-state index contributed by atoms with van der Waals surface area (Å²) in [5.74, 6) is -0.323. The van der Waals surface area contributed by atoms with Crippen LogP contribution in [0.2, 0.25) is 0 Å². The number of nitrogens with one attached hydrogen (secondary N) is 4. The second-order valence-electron chi connectivity index (χ2n) is 3.68. The lowest BCUT2D eigenvalue weighted by molar-refractivity contribution is -0.117. The van der Waals surface area contributed by atoms with Gasteiger partial charge in [-0.15, -0.1) is 0 Å². The van der Waals surface area contributed by atoms with Gasteiger partial charge in [0.2, 0.25) is 5.91 Å². The summed E-state index contributed by atoms with van der Waals surface area (Å²) >= 11 is 0. The molecule has 0 rings (SSSR count). The number of primary amides is 1. The maximum absolute atomic E-state index is 10.4. The first kappa shape index (κ1) is 16.3. The van der Waals surface area contributed by atoms with Crippen molar-refractivity contribution in [1.29, 1.82) is 0 Å². The number of nitrogens with two attached hydrogens (primary N) is 2. The molecule has 0 spiro atoms. The van der Waals surface area contributed by atoms with Gasteiger partial charge in [0.05, 0.1) is 6.54 Å². The van der Waals surface area contributed by atoms with E-state index in [0.29, 0.717) is 6.54 Å². The minimum Gasteiger partial charge on any atom is -0.369 e. The number of hydrogen-bond donors (Lipinski definition) is 6. The summed E-state index contributed by atoms with van der Waals surface area (Å²) in [4.78, 5) is 10.4. The van der Waals surface area contributed by atoms with Gasteiger partial charge in [0.25, 0.3) is 0 Å². The fourth-order valence-corrected chi connectivity index (χ4v) is 1.22. The summed E-state index contributed by atoms with van der Waals surface area (Å²) in [6.45, 7) is 7.10. The van der Waals surface area contributed by atoms with Gasteiger partial charge in [-0.1, -0.05) is 0 Å². The summed E-state index contributed by atoms with van der Waals surface area (Å²) in [7, 11) is 0. The molecule has 0 heterocycles. The number of hydrogen-bond acceptors (Lipinski definition) is 6. The van der Waals surface area contributed by atoms with Crippen LogP contribution in [-0.2, 0) is 4.79 Å². The molecule has 0 aliphatic rings. The van der Waals surface area contributed by atoms with Crippen molar-refractivity contribution >= 4 is 5.91 Å². The Kier molecular flexibility index (Phi) is 12.8. The first-order chi connectivity index (χ1) is 8.27. The average Bonchev–Trinajstić information content (AvgIpc) is 2.30. The lowest BCUT2D eigenvalue weighted by atomic mass is 10.5. The van der Waals surface area contributed by atoms with Crippen LogP contribution >= 0.6 is 0 Å². The first-order valence-electron chi connectivity index (χ1n) is 6.08. The number of rotatable bonds is 13. The maximum Gasteiger partial charge on any atom is 0.231 e. The molecule has 0 aromatic rings. The third kappa shape index (κ3) is 15.3. The normalized spacial score (nSPS) is 10.6. The molecule has 7 heteroatoms. The van der Waals surface area contributed by atoms with E-state index >= 15 is 0 Å². The van der Waals surface area contributed by atoms with E-state index in [1.165, 1.54) is 0 Å². The lowest BCUT2D eigenvalue weighted by Crippen LogP contribution is -2.37. The molecular weight excluding hydrogens is 220 g/mol. The Hall–Kier alpha value is -0.730. The van der Waals surface area contributed by atoms with Crippen molar-refractivity contribution in [3.8, 4) is 0 Å². The summed E-state index contributed by atoms with van der Waals surface area (Å²) < 4.78 is 0. The Balaban J connectivity index is 2.91. The topological polar surface area (TPSA) is 117 Å². The summed E-state index contributed by atoms with van der Waals surface area (Å²) in [6.07, 6.45) is 0. The van der Waals surface area contributed by atoms with Crippen molar-refractivity contribution in [3.63, 3.8) is 0 Å². The SMILES string of the molecule is NCCNCCNCCNCCNCC(N)=O. The Bertz CT molecular complexity index is 178. The minimum absolute atomic E-state index is 0.243. The average molecular weight is 246 g/mol. The monoisotopic (exact) mass is 246 g/mol. The van der Waals surface area contributed by atoms with Crippen LogP contribution in [0, 0.1) is 0 Å². The molecule has 8 N–H and O–H groups in total. The molecule has 0 saturated carbocycles. The molecule has 0 radical (unpaired) electrons. The molecule has 7 nitrogen and oxygen atoms in total. The van der Waals surface area contributed by atoms with E-state index in [9.17, 15) is 4.79 Å².